The van der Waals surface area contributed by atoms with Crippen molar-refractivity contribution in [3.8, 4) is 6.07 Å². The number of hydrogen-bond donors (Lipinski definition) is 2. The topological polar surface area (TPSA) is 84.2 Å². The van der Waals surface area contributed by atoms with E-state index < -0.39 is 0 Å². The minimum absolute atomic E-state index is 0. The van der Waals surface area contributed by atoms with Crippen LogP contribution < -0.4 is 28.0 Å². The first-order valence-electron chi connectivity index (χ1n) is 6.79. The molecule has 0 spiro atoms. The van der Waals surface area contributed by atoms with Crippen molar-refractivity contribution in [2.75, 3.05) is 25.3 Å². The van der Waals surface area contributed by atoms with Gasteiger partial charge in [-0.15, -0.1) is 0 Å². The van der Waals surface area contributed by atoms with Crippen LogP contribution in [0.2, 0.25) is 5.15 Å². The number of aromatic nitrogens is 1. The maximum absolute atomic E-state index is 9.39. The molecule has 1 aromatic rings. The number of methoxy groups -OCH3 is 2. The summed E-state index contributed by atoms with van der Waals surface area (Å²) in [6, 6.07) is 3.78. The Morgan fingerprint density at radius 3 is 2.41 bits per heavy atom. The predicted octanol–water partition coefficient (Wildman–Crippen LogP) is -0.565. The van der Waals surface area contributed by atoms with Gasteiger partial charge in [-0.3, -0.25) is 5.73 Å². The van der Waals surface area contributed by atoms with Crippen LogP contribution in [0, 0.1) is 11.3 Å². The van der Waals surface area contributed by atoms with E-state index in [9.17, 15) is 5.26 Å². The smallest absolute Gasteiger partial charge is 0.277 e. The molecule has 0 aliphatic heterocycles. The van der Waals surface area contributed by atoms with Crippen LogP contribution in [0.15, 0.2) is 6.07 Å². The van der Waals surface area contributed by atoms with Gasteiger partial charge in [-0.05, 0) is 18.0 Å². The number of halogens is 2. The Morgan fingerprint density at radius 2 is 2.00 bits per heavy atom. The summed E-state index contributed by atoms with van der Waals surface area (Å²) in [4.78, 5) is 0. The van der Waals surface area contributed by atoms with Gasteiger partial charge in [0, 0.05) is 20.6 Å². The van der Waals surface area contributed by atoms with Crippen molar-refractivity contribution in [1.29, 1.82) is 5.26 Å². The molecular formula is C14H22Cl2N4O2. The van der Waals surface area contributed by atoms with E-state index >= 15 is 0 Å². The molecule has 0 bridgehead atoms. The van der Waals surface area contributed by atoms with Crippen LogP contribution >= 0.6 is 11.6 Å². The Bertz CT molecular complexity index is 527. The highest BCUT2D eigenvalue weighted by atomic mass is 35.5. The summed E-state index contributed by atoms with van der Waals surface area (Å²) in [6.45, 7) is 3.92. The SMILES string of the molecule is CCC(Nc1cc(N)[n+](C(CC)OC)c(Cl)c1C#N)OC.[Cl-]. The largest absolute Gasteiger partial charge is 1.00 e. The average Bonchev–Trinajstić information content (AvgIpc) is 2.48. The number of nitrogens with one attached hydrogen (secondary N) is 1. The van der Waals surface area contributed by atoms with Crippen LogP contribution in [0.5, 0.6) is 0 Å². The summed E-state index contributed by atoms with van der Waals surface area (Å²) in [5, 5.41) is 12.8. The van der Waals surface area contributed by atoms with Gasteiger partial charge in [-0.25, -0.2) is 0 Å². The summed E-state index contributed by atoms with van der Waals surface area (Å²) in [6.07, 6.45) is 0.887. The van der Waals surface area contributed by atoms with Gasteiger partial charge in [0.15, 0.2) is 0 Å². The molecule has 3 N–H and O–H groups in total. The fraction of sp³-hybridized carbons (Fsp3) is 0.571. The molecule has 0 radical (unpaired) electrons. The number of nitrogens with zero attached hydrogens (tertiary/aromatic N) is 2. The van der Waals surface area contributed by atoms with E-state index in [4.69, 9.17) is 26.8 Å². The number of anilines is 2. The molecule has 0 amide bonds. The fourth-order valence-electron chi connectivity index (χ4n) is 2.10. The molecule has 0 fully saturated rings. The highest BCUT2D eigenvalue weighted by molar-refractivity contribution is 6.30. The molecule has 0 aliphatic carbocycles. The van der Waals surface area contributed by atoms with E-state index in [-0.39, 0.29) is 30.0 Å². The summed E-state index contributed by atoms with van der Waals surface area (Å²) < 4.78 is 12.2. The van der Waals surface area contributed by atoms with Gasteiger partial charge in [0.25, 0.3) is 5.82 Å². The molecule has 1 heterocycles. The van der Waals surface area contributed by atoms with E-state index in [0.717, 1.165) is 6.42 Å². The molecule has 0 saturated heterocycles. The predicted molar refractivity (Wildman–Crippen MR) is 81.8 cm³/mol. The first kappa shape index (κ1) is 20.7. The third-order valence-corrected chi connectivity index (χ3v) is 3.62. The molecule has 124 valence electrons. The van der Waals surface area contributed by atoms with Crippen molar-refractivity contribution < 1.29 is 26.4 Å². The molecule has 0 saturated carbocycles. The third kappa shape index (κ3) is 4.37. The van der Waals surface area contributed by atoms with Crippen LogP contribution in [-0.2, 0) is 9.47 Å². The van der Waals surface area contributed by atoms with Crippen molar-refractivity contribution in [3.05, 3.63) is 16.8 Å². The van der Waals surface area contributed by atoms with Gasteiger partial charge in [0.05, 0.1) is 11.8 Å². The number of nitrogen functional groups attached to an aromatic ring is 1. The Hall–Kier alpha value is -1.26. The van der Waals surface area contributed by atoms with Gasteiger partial charge in [-0.2, -0.15) is 9.83 Å². The molecule has 2 unspecified atom stereocenters. The second-order valence-electron chi connectivity index (χ2n) is 4.51. The summed E-state index contributed by atoms with van der Waals surface area (Å²) in [7, 11) is 3.17. The highest BCUT2D eigenvalue weighted by Crippen LogP contribution is 2.26. The summed E-state index contributed by atoms with van der Waals surface area (Å²) in [5.41, 5.74) is 6.93. The number of rotatable bonds is 7. The Morgan fingerprint density at radius 1 is 1.36 bits per heavy atom. The van der Waals surface area contributed by atoms with E-state index in [2.05, 4.69) is 11.4 Å². The van der Waals surface area contributed by atoms with Crippen molar-refractivity contribution in [3.63, 3.8) is 0 Å². The zero-order valence-corrected chi connectivity index (χ0v) is 14.7. The number of pyridine rings is 1. The van der Waals surface area contributed by atoms with Crippen LogP contribution in [0.1, 0.15) is 38.5 Å². The molecule has 2 atom stereocenters. The lowest BCUT2D eigenvalue weighted by molar-refractivity contribution is -0.746. The van der Waals surface area contributed by atoms with Crippen molar-refractivity contribution in [2.24, 2.45) is 0 Å². The molecule has 0 aromatic carbocycles. The number of nitrogens with two attached hydrogens (primary N) is 1. The zero-order chi connectivity index (χ0) is 16.0. The second-order valence-corrected chi connectivity index (χ2v) is 4.86. The standard InChI is InChI=1S/C14H21ClN4O2.ClH/c1-5-12(20-3)18-10-7-11(17)19(13(6-2)21-4)14(15)9(10)8-16;/h7,12-13H,5-6H2,1-4H3,(H2,17,18);1H. The van der Waals surface area contributed by atoms with Crippen LogP contribution in [0.25, 0.3) is 0 Å². The number of hydrogen-bond acceptors (Lipinski definition) is 5. The monoisotopic (exact) mass is 348 g/mol. The maximum Gasteiger partial charge on any atom is 0.277 e. The summed E-state index contributed by atoms with van der Waals surface area (Å²) >= 11 is 6.34. The van der Waals surface area contributed by atoms with E-state index in [1.807, 2.05) is 13.8 Å². The minimum atomic E-state index is -0.317. The lowest BCUT2D eigenvalue weighted by atomic mass is 10.2. The van der Waals surface area contributed by atoms with Crippen molar-refractivity contribution in [2.45, 2.75) is 39.1 Å². The lowest BCUT2D eigenvalue weighted by Crippen LogP contribution is -3.00. The fourth-order valence-corrected chi connectivity index (χ4v) is 2.45. The highest BCUT2D eigenvalue weighted by Gasteiger charge is 2.26. The van der Waals surface area contributed by atoms with Gasteiger partial charge in [0.2, 0.25) is 11.4 Å². The Balaban J connectivity index is 0.00000441. The van der Waals surface area contributed by atoms with Crippen molar-refractivity contribution >= 4 is 23.1 Å². The Labute approximate surface area is 142 Å². The maximum atomic E-state index is 9.39. The molecule has 6 nitrogen and oxygen atoms in total. The van der Waals surface area contributed by atoms with Gasteiger partial charge in [-0.1, -0.05) is 13.8 Å². The quantitative estimate of drug-likeness (QED) is 0.392. The van der Waals surface area contributed by atoms with Crippen LogP contribution in [0.4, 0.5) is 11.5 Å². The van der Waals surface area contributed by atoms with Gasteiger partial charge < -0.3 is 27.2 Å². The first-order valence-corrected chi connectivity index (χ1v) is 7.17. The van der Waals surface area contributed by atoms with Crippen LogP contribution in [-0.4, -0.2) is 20.4 Å². The van der Waals surface area contributed by atoms with Gasteiger partial charge >= 0.3 is 0 Å². The minimum Gasteiger partial charge on any atom is -1.00 e. The second kappa shape index (κ2) is 9.70. The van der Waals surface area contributed by atoms with E-state index in [1.165, 1.54) is 0 Å². The zero-order valence-electron chi connectivity index (χ0n) is 13.2. The normalized spacial score (nSPS) is 12.9. The van der Waals surface area contributed by atoms with E-state index in [1.54, 1.807) is 24.9 Å². The molecule has 0 aliphatic rings. The van der Waals surface area contributed by atoms with Gasteiger partial charge in [0.1, 0.15) is 17.9 Å². The molecule has 8 heteroatoms. The molecular weight excluding hydrogens is 327 g/mol. The number of nitriles is 1. The lowest BCUT2D eigenvalue weighted by Gasteiger charge is -2.20. The number of ether oxygens (including phenoxy) is 2. The molecule has 1 rings (SSSR count). The summed E-state index contributed by atoms with van der Waals surface area (Å²) in [5.74, 6) is 0.418. The third-order valence-electron chi connectivity index (χ3n) is 3.25. The van der Waals surface area contributed by atoms with Crippen LogP contribution in [0.3, 0.4) is 0 Å². The molecule has 1 aromatic heterocycles. The average molecular weight is 349 g/mol. The molecule has 22 heavy (non-hydrogen) atoms. The van der Waals surface area contributed by atoms with E-state index in [0.29, 0.717) is 23.5 Å². The first-order chi connectivity index (χ1) is 10.0. The Kier molecular flexibility index (Phi) is 9.14. The van der Waals surface area contributed by atoms with Crippen molar-refractivity contribution in [1.82, 2.24) is 0 Å².